The maximum Gasteiger partial charge on any atom is 0.240 e. The Kier molecular flexibility index (Phi) is 3.26. The van der Waals surface area contributed by atoms with Crippen molar-refractivity contribution in [3.05, 3.63) is 12.2 Å². The number of hydrogen-bond donors (Lipinski definition) is 5. The fourth-order valence-electron chi connectivity index (χ4n) is 2.33. The highest BCUT2D eigenvalue weighted by atomic mass is 16.7. The molecule has 0 radical (unpaired) electrons. The van der Waals surface area contributed by atoms with Crippen LogP contribution < -0.4 is 0 Å². The predicted octanol–water partition coefficient (Wildman–Crippen LogP) is -1.19. The first-order valence-corrected chi connectivity index (χ1v) is 6.12. The molecule has 0 aromatic carbocycles. The second kappa shape index (κ2) is 4.94. The second-order valence-electron chi connectivity index (χ2n) is 4.72. The van der Waals surface area contributed by atoms with Crippen LogP contribution in [0, 0.1) is 5.92 Å². The highest BCUT2D eigenvalue weighted by Gasteiger charge is 2.38. The number of nitrogens with zero attached hydrogens (tertiary/aromatic N) is 3. The fourth-order valence-corrected chi connectivity index (χ4v) is 2.33. The van der Waals surface area contributed by atoms with Gasteiger partial charge in [0.2, 0.25) is 5.88 Å². The number of aliphatic hydroxyl groups is 3. The summed E-state index contributed by atoms with van der Waals surface area (Å²) in [4.78, 5) is 14.5. The minimum Gasteiger partial charge on any atom is -0.492 e. The van der Waals surface area contributed by atoms with Crippen LogP contribution in [0.5, 0.6) is 5.88 Å². The molecule has 0 saturated carbocycles. The van der Waals surface area contributed by atoms with Crippen molar-refractivity contribution in [2.45, 2.75) is 24.9 Å². The zero-order valence-corrected chi connectivity index (χ0v) is 10.3. The van der Waals surface area contributed by atoms with Crippen LogP contribution in [-0.2, 0) is 4.74 Å². The molecule has 108 valence electrons. The summed E-state index contributed by atoms with van der Waals surface area (Å²) in [6.45, 7) is -0.268. The summed E-state index contributed by atoms with van der Waals surface area (Å²) >= 11 is 0. The minimum absolute atomic E-state index is 0.237. The Bertz CT molecular complexity index is 618. The van der Waals surface area contributed by atoms with Crippen molar-refractivity contribution < 1.29 is 25.2 Å². The standard InChI is InChI=1S/C11H14N4O5/c16-2-4-1-5(11(19)20-10(4)18)7-14-6-8(15-7)12-3-13-9(6)17/h3-5,10-11,16,18-19H,1-2H2,(H2,12,13,14,15,17)/t4-,5?,10?,11?/m0/s1. The van der Waals surface area contributed by atoms with Crippen molar-refractivity contribution in [1.29, 1.82) is 0 Å². The van der Waals surface area contributed by atoms with Crippen molar-refractivity contribution in [2.24, 2.45) is 5.92 Å². The zero-order chi connectivity index (χ0) is 14.3. The van der Waals surface area contributed by atoms with E-state index >= 15 is 0 Å². The third-order valence-corrected chi connectivity index (χ3v) is 3.46. The highest BCUT2D eigenvalue weighted by molar-refractivity contribution is 5.75. The van der Waals surface area contributed by atoms with Crippen LogP contribution in [0.15, 0.2) is 6.33 Å². The molecule has 0 bridgehead atoms. The molecule has 0 spiro atoms. The van der Waals surface area contributed by atoms with E-state index in [4.69, 9.17) is 4.74 Å². The van der Waals surface area contributed by atoms with Gasteiger partial charge in [0.15, 0.2) is 18.2 Å². The molecule has 4 atom stereocenters. The van der Waals surface area contributed by atoms with E-state index in [2.05, 4.69) is 19.9 Å². The quantitative estimate of drug-likeness (QED) is 0.462. The summed E-state index contributed by atoms with van der Waals surface area (Å²) in [6, 6.07) is 0. The summed E-state index contributed by atoms with van der Waals surface area (Å²) in [6.07, 6.45) is -1.02. The average Bonchev–Trinajstić information content (AvgIpc) is 2.84. The number of nitrogens with one attached hydrogen (secondary N) is 1. The number of aromatic nitrogens is 4. The predicted molar refractivity (Wildman–Crippen MR) is 64.4 cm³/mol. The molecule has 3 heterocycles. The van der Waals surface area contributed by atoms with Gasteiger partial charge in [-0.15, -0.1) is 0 Å². The summed E-state index contributed by atoms with van der Waals surface area (Å²) in [5.41, 5.74) is 0.535. The molecule has 1 saturated heterocycles. The first-order valence-electron chi connectivity index (χ1n) is 6.12. The van der Waals surface area contributed by atoms with Crippen molar-refractivity contribution in [3.8, 4) is 5.88 Å². The molecule has 3 rings (SSSR count). The maximum atomic E-state index is 9.88. The summed E-state index contributed by atoms with van der Waals surface area (Å²) < 4.78 is 4.98. The van der Waals surface area contributed by atoms with Gasteiger partial charge < -0.3 is 30.1 Å². The summed E-state index contributed by atoms with van der Waals surface area (Å²) in [5, 5.41) is 38.2. The largest absolute Gasteiger partial charge is 0.492 e. The minimum atomic E-state index is -1.26. The van der Waals surface area contributed by atoms with Crippen molar-refractivity contribution >= 4 is 11.2 Å². The first kappa shape index (κ1) is 13.2. The van der Waals surface area contributed by atoms with Gasteiger partial charge in [-0.05, 0) is 6.42 Å². The van der Waals surface area contributed by atoms with Gasteiger partial charge >= 0.3 is 0 Å². The molecule has 9 heteroatoms. The molecular formula is C11H14N4O5. The van der Waals surface area contributed by atoms with Crippen LogP contribution in [0.2, 0.25) is 0 Å². The molecule has 2 aromatic rings. The van der Waals surface area contributed by atoms with Crippen LogP contribution in [-0.4, -0.2) is 59.5 Å². The Morgan fingerprint density at radius 2 is 2.10 bits per heavy atom. The van der Waals surface area contributed by atoms with Crippen molar-refractivity contribution in [2.75, 3.05) is 6.61 Å². The number of aromatic hydroxyl groups is 1. The van der Waals surface area contributed by atoms with Gasteiger partial charge in [0.05, 0.1) is 12.5 Å². The molecule has 20 heavy (non-hydrogen) atoms. The van der Waals surface area contributed by atoms with E-state index in [1.807, 2.05) is 0 Å². The van der Waals surface area contributed by atoms with E-state index in [0.717, 1.165) is 0 Å². The molecular weight excluding hydrogens is 268 g/mol. The SMILES string of the molecule is OC[C@@H]1CC(c2nc3ncnc(O)c3[nH]2)C(O)OC1O. The number of hydrogen-bond acceptors (Lipinski definition) is 8. The number of fused-ring (bicyclic) bond motifs is 1. The first-order chi connectivity index (χ1) is 9.60. The van der Waals surface area contributed by atoms with Gasteiger partial charge in [-0.3, -0.25) is 0 Å². The molecule has 9 nitrogen and oxygen atoms in total. The Labute approximate surface area is 112 Å². The molecule has 3 unspecified atom stereocenters. The van der Waals surface area contributed by atoms with Crippen LogP contribution in [0.3, 0.4) is 0 Å². The van der Waals surface area contributed by atoms with E-state index in [-0.39, 0.29) is 30.1 Å². The van der Waals surface area contributed by atoms with E-state index < -0.39 is 24.4 Å². The van der Waals surface area contributed by atoms with Gasteiger partial charge in [-0.1, -0.05) is 0 Å². The number of aromatic amines is 1. The Hall–Kier alpha value is -1.81. The van der Waals surface area contributed by atoms with E-state index in [9.17, 15) is 20.4 Å². The average molecular weight is 282 g/mol. The molecule has 2 aromatic heterocycles. The van der Waals surface area contributed by atoms with Crippen LogP contribution in [0.1, 0.15) is 18.2 Å². The normalized spacial score (nSPS) is 30.8. The zero-order valence-electron chi connectivity index (χ0n) is 10.3. The molecule has 1 aliphatic heterocycles. The Morgan fingerprint density at radius 1 is 1.30 bits per heavy atom. The number of aliphatic hydroxyl groups excluding tert-OH is 3. The van der Waals surface area contributed by atoms with E-state index in [1.165, 1.54) is 6.33 Å². The van der Waals surface area contributed by atoms with Crippen LogP contribution in [0.25, 0.3) is 11.2 Å². The topological polar surface area (TPSA) is 145 Å². The molecule has 0 amide bonds. The van der Waals surface area contributed by atoms with Crippen molar-refractivity contribution in [1.82, 2.24) is 19.9 Å². The number of H-pyrrole nitrogens is 1. The number of imidazole rings is 1. The number of rotatable bonds is 2. The Morgan fingerprint density at radius 3 is 2.80 bits per heavy atom. The Balaban J connectivity index is 1.95. The molecule has 1 fully saturated rings. The number of ether oxygens (including phenoxy) is 1. The summed E-state index contributed by atoms with van der Waals surface area (Å²) in [7, 11) is 0. The highest BCUT2D eigenvalue weighted by Crippen LogP contribution is 2.34. The third kappa shape index (κ3) is 2.10. The van der Waals surface area contributed by atoms with Crippen LogP contribution >= 0.6 is 0 Å². The lowest BCUT2D eigenvalue weighted by Crippen LogP contribution is -2.41. The molecule has 1 aliphatic rings. The molecule has 5 N–H and O–H groups in total. The summed E-state index contributed by atoms with van der Waals surface area (Å²) in [5.74, 6) is -0.965. The lowest BCUT2D eigenvalue weighted by Gasteiger charge is -2.35. The van der Waals surface area contributed by atoms with Gasteiger partial charge in [0.25, 0.3) is 0 Å². The monoisotopic (exact) mass is 282 g/mol. The van der Waals surface area contributed by atoms with Gasteiger partial charge in [0.1, 0.15) is 17.7 Å². The van der Waals surface area contributed by atoms with Crippen LogP contribution in [0.4, 0.5) is 0 Å². The van der Waals surface area contributed by atoms with E-state index in [1.54, 1.807) is 0 Å². The molecule has 0 aliphatic carbocycles. The lowest BCUT2D eigenvalue weighted by molar-refractivity contribution is -0.267. The van der Waals surface area contributed by atoms with Gasteiger partial charge in [-0.25, -0.2) is 9.97 Å². The van der Waals surface area contributed by atoms with Crippen molar-refractivity contribution in [3.63, 3.8) is 0 Å². The van der Waals surface area contributed by atoms with Gasteiger partial charge in [-0.2, -0.15) is 4.98 Å². The van der Waals surface area contributed by atoms with Gasteiger partial charge in [0, 0.05) is 5.92 Å². The maximum absolute atomic E-state index is 9.88. The smallest absolute Gasteiger partial charge is 0.240 e. The second-order valence-corrected chi connectivity index (χ2v) is 4.72. The fraction of sp³-hybridized carbons (Fsp3) is 0.545. The third-order valence-electron chi connectivity index (χ3n) is 3.46. The van der Waals surface area contributed by atoms with E-state index in [0.29, 0.717) is 5.82 Å². The lowest BCUT2D eigenvalue weighted by atomic mass is 9.90.